The van der Waals surface area contributed by atoms with Crippen molar-refractivity contribution < 1.29 is 18.3 Å². The summed E-state index contributed by atoms with van der Waals surface area (Å²) in [6, 6.07) is 0. The van der Waals surface area contributed by atoms with Crippen LogP contribution in [0.25, 0.3) is 0 Å². The molecule has 1 aliphatic carbocycles. The van der Waals surface area contributed by atoms with Gasteiger partial charge in [-0.2, -0.15) is 4.72 Å². The highest BCUT2D eigenvalue weighted by molar-refractivity contribution is 7.89. The van der Waals surface area contributed by atoms with Gasteiger partial charge in [0, 0.05) is 12.7 Å². The van der Waals surface area contributed by atoms with Crippen LogP contribution in [0.4, 0.5) is 0 Å². The quantitative estimate of drug-likeness (QED) is 0.821. The first-order valence-electron chi connectivity index (χ1n) is 6.12. The topological polar surface area (TPSA) is 101 Å². The van der Waals surface area contributed by atoms with Crippen LogP contribution in [-0.2, 0) is 21.4 Å². The molecule has 0 bridgehead atoms. The summed E-state index contributed by atoms with van der Waals surface area (Å²) < 4.78 is 28.3. The van der Waals surface area contributed by atoms with E-state index in [0.29, 0.717) is 31.6 Å². The normalized spacial score (nSPS) is 18.0. The van der Waals surface area contributed by atoms with E-state index >= 15 is 0 Å². The van der Waals surface area contributed by atoms with Crippen LogP contribution < -0.4 is 4.72 Å². The van der Waals surface area contributed by atoms with E-state index in [4.69, 9.17) is 5.11 Å². The van der Waals surface area contributed by atoms with Crippen molar-refractivity contribution in [3.8, 4) is 0 Å². The highest BCUT2D eigenvalue weighted by Gasteiger charge is 2.48. The lowest BCUT2D eigenvalue weighted by molar-refractivity contribution is -0.147. The molecule has 1 aromatic heterocycles. The molecular weight excluding hydrogens is 270 g/mol. The first kappa shape index (κ1) is 14.0. The number of aromatic nitrogens is 2. The zero-order chi connectivity index (χ0) is 14.3. The molecule has 1 aromatic rings. The monoisotopic (exact) mass is 287 g/mol. The van der Waals surface area contributed by atoms with Crippen LogP contribution in [0.15, 0.2) is 11.2 Å². The van der Waals surface area contributed by atoms with E-state index in [2.05, 4.69) is 9.71 Å². The molecule has 2 rings (SSSR count). The van der Waals surface area contributed by atoms with E-state index in [1.165, 1.54) is 6.20 Å². The number of carboxylic acid groups (broad SMARTS) is 1. The van der Waals surface area contributed by atoms with Gasteiger partial charge in [0.2, 0.25) is 0 Å². The SMILES string of the molecule is CCn1cc(S(=O)(=O)NC2(C(=O)O)CCC2)nc1C. The lowest BCUT2D eigenvalue weighted by atomic mass is 9.78. The van der Waals surface area contributed by atoms with Gasteiger partial charge in [-0.3, -0.25) is 4.79 Å². The number of carboxylic acids is 1. The van der Waals surface area contributed by atoms with E-state index in [1.807, 2.05) is 6.92 Å². The van der Waals surface area contributed by atoms with Crippen LogP contribution in [-0.4, -0.2) is 34.6 Å². The van der Waals surface area contributed by atoms with E-state index in [1.54, 1.807) is 11.5 Å². The third kappa shape index (κ3) is 2.37. The Labute approximate surface area is 111 Å². The first-order chi connectivity index (χ1) is 8.81. The minimum Gasteiger partial charge on any atom is -0.480 e. The summed E-state index contributed by atoms with van der Waals surface area (Å²) in [5.41, 5.74) is -1.36. The fourth-order valence-electron chi connectivity index (χ4n) is 2.13. The maximum Gasteiger partial charge on any atom is 0.324 e. The van der Waals surface area contributed by atoms with Crippen molar-refractivity contribution in [2.75, 3.05) is 0 Å². The minimum absolute atomic E-state index is 0.126. The molecule has 0 saturated heterocycles. The molecular formula is C11H17N3O4S. The Bertz CT molecular complexity index is 601. The molecule has 0 radical (unpaired) electrons. The van der Waals surface area contributed by atoms with Crippen molar-refractivity contribution >= 4 is 16.0 Å². The molecule has 0 spiro atoms. The van der Waals surface area contributed by atoms with E-state index < -0.39 is 21.5 Å². The summed E-state index contributed by atoms with van der Waals surface area (Å²) in [5, 5.41) is 9.02. The van der Waals surface area contributed by atoms with Gasteiger partial charge in [0.25, 0.3) is 10.0 Å². The number of rotatable bonds is 5. The fraction of sp³-hybridized carbons (Fsp3) is 0.636. The average Bonchev–Trinajstić information content (AvgIpc) is 2.65. The third-order valence-electron chi connectivity index (χ3n) is 3.52. The average molecular weight is 287 g/mol. The van der Waals surface area contributed by atoms with Gasteiger partial charge in [0.1, 0.15) is 11.4 Å². The minimum atomic E-state index is -3.90. The number of nitrogens with one attached hydrogen (secondary N) is 1. The Morgan fingerprint density at radius 3 is 2.58 bits per heavy atom. The Morgan fingerprint density at radius 2 is 2.21 bits per heavy atom. The summed E-state index contributed by atoms with van der Waals surface area (Å²) in [6.45, 7) is 4.19. The zero-order valence-electron chi connectivity index (χ0n) is 10.9. The Kier molecular flexibility index (Phi) is 3.40. The van der Waals surface area contributed by atoms with Crippen LogP contribution in [0, 0.1) is 6.92 Å². The number of sulfonamides is 1. The highest BCUT2D eigenvalue weighted by Crippen LogP contribution is 2.33. The maximum atomic E-state index is 12.2. The largest absolute Gasteiger partial charge is 0.480 e. The molecule has 0 aromatic carbocycles. The van der Waals surface area contributed by atoms with Crippen molar-refractivity contribution in [2.45, 2.75) is 50.2 Å². The maximum absolute atomic E-state index is 12.2. The Hall–Kier alpha value is -1.41. The summed E-state index contributed by atoms with van der Waals surface area (Å²) in [4.78, 5) is 15.2. The van der Waals surface area contributed by atoms with Crippen molar-refractivity contribution in [3.63, 3.8) is 0 Å². The van der Waals surface area contributed by atoms with Gasteiger partial charge in [-0.15, -0.1) is 0 Å². The van der Waals surface area contributed by atoms with Crippen molar-refractivity contribution in [3.05, 3.63) is 12.0 Å². The second kappa shape index (κ2) is 4.61. The van der Waals surface area contributed by atoms with Gasteiger partial charge < -0.3 is 9.67 Å². The van der Waals surface area contributed by atoms with Crippen molar-refractivity contribution in [1.82, 2.24) is 14.3 Å². The first-order valence-corrected chi connectivity index (χ1v) is 7.60. The van der Waals surface area contributed by atoms with Crippen LogP contribution >= 0.6 is 0 Å². The lowest BCUT2D eigenvalue weighted by Crippen LogP contribution is -2.58. The molecule has 2 N–H and O–H groups in total. The summed E-state index contributed by atoms with van der Waals surface area (Å²) in [5.74, 6) is -0.546. The number of hydrogen-bond acceptors (Lipinski definition) is 4. The second-order valence-electron chi connectivity index (χ2n) is 4.76. The molecule has 8 heteroatoms. The molecule has 106 valence electrons. The van der Waals surface area contributed by atoms with Gasteiger partial charge in [0.05, 0.1) is 0 Å². The molecule has 1 saturated carbocycles. The van der Waals surface area contributed by atoms with Crippen LogP contribution in [0.3, 0.4) is 0 Å². The number of aryl methyl sites for hydroxylation is 2. The predicted molar refractivity (Wildman–Crippen MR) is 67.2 cm³/mol. The molecule has 1 fully saturated rings. The molecule has 0 unspecified atom stereocenters. The summed E-state index contributed by atoms with van der Waals surface area (Å²) in [6.07, 6.45) is 2.76. The molecule has 1 aliphatic rings. The predicted octanol–water partition coefficient (Wildman–Crippen LogP) is 0.497. The number of hydrogen-bond donors (Lipinski definition) is 2. The van der Waals surface area contributed by atoms with Gasteiger partial charge in [-0.05, 0) is 33.1 Å². The Morgan fingerprint density at radius 1 is 1.58 bits per heavy atom. The van der Waals surface area contributed by atoms with Crippen LogP contribution in [0.2, 0.25) is 0 Å². The third-order valence-corrected chi connectivity index (χ3v) is 4.92. The standard InChI is InChI=1S/C11H17N3O4S/c1-3-14-7-9(12-8(14)2)19(17,18)13-11(10(15)16)5-4-6-11/h7,13H,3-6H2,1-2H3,(H,15,16). The van der Waals surface area contributed by atoms with Gasteiger partial charge in [-0.1, -0.05) is 0 Å². The molecule has 1 heterocycles. The van der Waals surface area contributed by atoms with E-state index in [0.717, 1.165) is 0 Å². The van der Waals surface area contributed by atoms with Crippen LogP contribution in [0.1, 0.15) is 32.0 Å². The highest BCUT2D eigenvalue weighted by atomic mass is 32.2. The van der Waals surface area contributed by atoms with Gasteiger partial charge in [-0.25, -0.2) is 13.4 Å². The number of nitrogens with zero attached hydrogens (tertiary/aromatic N) is 2. The summed E-state index contributed by atoms with van der Waals surface area (Å²) in [7, 11) is -3.90. The number of aliphatic carboxylic acids is 1. The molecule has 0 atom stereocenters. The molecule has 0 aliphatic heterocycles. The zero-order valence-corrected chi connectivity index (χ0v) is 11.7. The Balaban J connectivity index is 2.29. The molecule has 7 nitrogen and oxygen atoms in total. The molecule has 19 heavy (non-hydrogen) atoms. The van der Waals surface area contributed by atoms with Gasteiger partial charge in [0.15, 0.2) is 5.03 Å². The number of imidazole rings is 1. The molecule has 0 amide bonds. The van der Waals surface area contributed by atoms with Gasteiger partial charge >= 0.3 is 5.97 Å². The second-order valence-corrected chi connectivity index (χ2v) is 6.39. The van der Waals surface area contributed by atoms with E-state index in [9.17, 15) is 13.2 Å². The van der Waals surface area contributed by atoms with Crippen molar-refractivity contribution in [2.24, 2.45) is 0 Å². The van der Waals surface area contributed by atoms with E-state index in [-0.39, 0.29) is 5.03 Å². The smallest absolute Gasteiger partial charge is 0.324 e. The number of carbonyl (C=O) groups is 1. The van der Waals surface area contributed by atoms with Crippen LogP contribution in [0.5, 0.6) is 0 Å². The lowest BCUT2D eigenvalue weighted by Gasteiger charge is -2.37. The van der Waals surface area contributed by atoms with Crippen molar-refractivity contribution in [1.29, 1.82) is 0 Å². The fourth-order valence-corrected chi connectivity index (χ4v) is 3.56. The summed E-state index contributed by atoms with van der Waals surface area (Å²) >= 11 is 0.